The van der Waals surface area contributed by atoms with Crippen LogP contribution in [0.1, 0.15) is 5.56 Å². The molecule has 0 radical (unpaired) electrons. The highest BCUT2D eigenvalue weighted by atomic mass is 127. The van der Waals surface area contributed by atoms with E-state index in [4.69, 9.17) is 10.4 Å². The molecule has 1 N–H and O–H groups in total. The van der Waals surface area contributed by atoms with Crippen LogP contribution in [0, 0.1) is 15.0 Å². The number of rotatable bonds is 0. The molecular formula is C6H3IN2O. The van der Waals surface area contributed by atoms with Gasteiger partial charge in [-0.1, -0.05) is 0 Å². The van der Waals surface area contributed by atoms with Crippen LogP contribution in [0.2, 0.25) is 0 Å². The normalized spacial score (nSPS) is 8.80. The minimum atomic E-state index is 0.0552. The molecule has 50 valence electrons. The first-order valence-electron chi connectivity index (χ1n) is 2.48. The van der Waals surface area contributed by atoms with E-state index in [0.29, 0.717) is 9.26 Å². The minimum Gasteiger partial charge on any atom is -0.505 e. The molecule has 0 spiro atoms. The second kappa shape index (κ2) is 2.84. The van der Waals surface area contributed by atoms with Gasteiger partial charge in [0.1, 0.15) is 15.5 Å². The lowest BCUT2D eigenvalue weighted by molar-refractivity contribution is 0.468. The van der Waals surface area contributed by atoms with Crippen LogP contribution < -0.4 is 0 Å². The molecule has 0 unspecified atom stereocenters. The van der Waals surface area contributed by atoms with E-state index < -0.39 is 0 Å². The zero-order chi connectivity index (χ0) is 7.56. The second-order valence-corrected chi connectivity index (χ2v) is 2.67. The molecule has 0 saturated heterocycles. The predicted octanol–water partition coefficient (Wildman–Crippen LogP) is 1.26. The largest absolute Gasteiger partial charge is 0.505 e. The van der Waals surface area contributed by atoms with Crippen molar-refractivity contribution < 1.29 is 5.11 Å². The van der Waals surface area contributed by atoms with Gasteiger partial charge in [0.25, 0.3) is 0 Å². The smallest absolute Gasteiger partial charge is 0.148 e. The molecule has 0 aliphatic heterocycles. The lowest BCUT2D eigenvalue weighted by atomic mass is 10.3. The Balaban J connectivity index is 3.20. The Kier molecular flexibility index (Phi) is 2.06. The molecule has 0 saturated carbocycles. The van der Waals surface area contributed by atoms with E-state index in [1.807, 2.05) is 28.7 Å². The van der Waals surface area contributed by atoms with Crippen molar-refractivity contribution in [3.05, 3.63) is 21.5 Å². The maximum Gasteiger partial charge on any atom is 0.148 e. The Bertz CT molecular complexity index is 292. The van der Waals surface area contributed by atoms with E-state index in [1.54, 1.807) is 0 Å². The van der Waals surface area contributed by atoms with Gasteiger partial charge in [-0.25, -0.2) is 4.98 Å². The van der Waals surface area contributed by atoms with Crippen LogP contribution in [0.25, 0.3) is 0 Å². The van der Waals surface area contributed by atoms with Gasteiger partial charge in [-0.05, 0) is 22.6 Å². The van der Waals surface area contributed by atoms with Crippen LogP contribution in [0.5, 0.6) is 5.75 Å². The number of nitriles is 1. The van der Waals surface area contributed by atoms with E-state index in [9.17, 15) is 0 Å². The molecule has 0 amide bonds. The predicted molar refractivity (Wildman–Crippen MR) is 43.3 cm³/mol. The maximum absolute atomic E-state index is 9.01. The molecule has 1 aromatic rings. The lowest BCUT2D eigenvalue weighted by Crippen LogP contribution is -1.82. The topological polar surface area (TPSA) is 56.9 Å². The SMILES string of the molecule is N#Cc1cnc(I)c(O)c1. The summed E-state index contributed by atoms with van der Waals surface area (Å²) in [6.45, 7) is 0. The molecule has 0 aliphatic carbocycles. The number of hydrogen-bond acceptors (Lipinski definition) is 3. The molecule has 0 aliphatic rings. The zero-order valence-electron chi connectivity index (χ0n) is 4.87. The first kappa shape index (κ1) is 7.28. The molecule has 3 nitrogen and oxygen atoms in total. The first-order chi connectivity index (χ1) is 4.74. The van der Waals surface area contributed by atoms with Crippen LogP contribution in [0.4, 0.5) is 0 Å². The number of pyridine rings is 1. The van der Waals surface area contributed by atoms with E-state index in [2.05, 4.69) is 4.98 Å². The Morgan fingerprint density at radius 1 is 1.70 bits per heavy atom. The van der Waals surface area contributed by atoms with Crippen LogP contribution in [0.3, 0.4) is 0 Å². The van der Waals surface area contributed by atoms with Crippen LogP contribution in [0.15, 0.2) is 12.3 Å². The van der Waals surface area contributed by atoms with Gasteiger partial charge in [0.05, 0.1) is 5.56 Å². The first-order valence-corrected chi connectivity index (χ1v) is 3.56. The van der Waals surface area contributed by atoms with Gasteiger partial charge in [-0.15, -0.1) is 0 Å². The third kappa shape index (κ3) is 1.36. The van der Waals surface area contributed by atoms with E-state index in [1.165, 1.54) is 12.3 Å². The van der Waals surface area contributed by atoms with Crippen molar-refractivity contribution in [1.82, 2.24) is 4.98 Å². The Labute approximate surface area is 71.5 Å². The van der Waals surface area contributed by atoms with Gasteiger partial charge < -0.3 is 5.11 Å². The van der Waals surface area contributed by atoms with Crippen molar-refractivity contribution >= 4 is 22.6 Å². The van der Waals surface area contributed by atoms with E-state index >= 15 is 0 Å². The molecule has 0 aromatic carbocycles. The summed E-state index contributed by atoms with van der Waals surface area (Å²) in [5.41, 5.74) is 0.373. The summed E-state index contributed by atoms with van der Waals surface area (Å²) in [6, 6.07) is 3.25. The summed E-state index contributed by atoms with van der Waals surface area (Å²) in [6.07, 6.45) is 1.42. The lowest BCUT2D eigenvalue weighted by Gasteiger charge is -1.93. The highest BCUT2D eigenvalue weighted by Crippen LogP contribution is 2.16. The van der Waals surface area contributed by atoms with Gasteiger partial charge in [0.15, 0.2) is 0 Å². The van der Waals surface area contributed by atoms with Crippen molar-refractivity contribution in [1.29, 1.82) is 5.26 Å². The fourth-order valence-corrected chi connectivity index (χ4v) is 0.793. The summed E-state index contributed by atoms with van der Waals surface area (Å²) in [4.78, 5) is 3.76. The highest BCUT2D eigenvalue weighted by Gasteiger charge is 1.98. The van der Waals surface area contributed by atoms with Gasteiger partial charge in [0.2, 0.25) is 0 Å². The fraction of sp³-hybridized carbons (Fsp3) is 0. The summed E-state index contributed by atoms with van der Waals surface area (Å²) in [5, 5.41) is 17.4. The standard InChI is InChI=1S/C6H3IN2O/c7-6-5(10)1-4(2-8)3-9-6/h1,3,10H. The molecule has 0 bridgehead atoms. The number of nitrogens with zero attached hydrogens (tertiary/aromatic N) is 2. The average Bonchev–Trinajstić information content (AvgIpc) is 1.95. The number of hydrogen-bond donors (Lipinski definition) is 1. The van der Waals surface area contributed by atoms with Crippen molar-refractivity contribution in [3.63, 3.8) is 0 Å². The Morgan fingerprint density at radius 2 is 2.40 bits per heavy atom. The van der Waals surface area contributed by atoms with Crippen molar-refractivity contribution in [3.8, 4) is 11.8 Å². The molecular weight excluding hydrogens is 243 g/mol. The number of aromatic hydroxyl groups is 1. The van der Waals surface area contributed by atoms with Gasteiger partial charge in [-0.3, -0.25) is 0 Å². The Morgan fingerprint density at radius 3 is 2.90 bits per heavy atom. The van der Waals surface area contributed by atoms with Gasteiger partial charge in [0, 0.05) is 12.3 Å². The third-order valence-electron chi connectivity index (χ3n) is 0.950. The summed E-state index contributed by atoms with van der Waals surface area (Å²) in [5.74, 6) is 0.0552. The molecule has 1 heterocycles. The quantitative estimate of drug-likeness (QED) is 0.553. The van der Waals surface area contributed by atoms with E-state index in [-0.39, 0.29) is 5.75 Å². The second-order valence-electron chi connectivity index (χ2n) is 1.65. The van der Waals surface area contributed by atoms with Gasteiger partial charge in [-0.2, -0.15) is 5.26 Å². The van der Waals surface area contributed by atoms with Gasteiger partial charge >= 0.3 is 0 Å². The highest BCUT2D eigenvalue weighted by molar-refractivity contribution is 14.1. The molecule has 1 aromatic heterocycles. The van der Waals surface area contributed by atoms with E-state index in [0.717, 1.165) is 0 Å². The van der Waals surface area contributed by atoms with Crippen LogP contribution in [-0.2, 0) is 0 Å². The maximum atomic E-state index is 9.01. The molecule has 0 atom stereocenters. The minimum absolute atomic E-state index is 0.0552. The molecule has 1 rings (SSSR count). The number of aromatic nitrogens is 1. The molecule has 0 fully saturated rings. The van der Waals surface area contributed by atoms with Crippen molar-refractivity contribution in [2.24, 2.45) is 0 Å². The summed E-state index contributed by atoms with van der Waals surface area (Å²) in [7, 11) is 0. The molecule has 10 heavy (non-hydrogen) atoms. The zero-order valence-corrected chi connectivity index (χ0v) is 7.03. The average molecular weight is 246 g/mol. The molecule has 4 heteroatoms. The van der Waals surface area contributed by atoms with Crippen LogP contribution >= 0.6 is 22.6 Å². The van der Waals surface area contributed by atoms with Crippen LogP contribution in [-0.4, -0.2) is 10.1 Å². The third-order valence-corrected chi connectivity index (χ3v) is 1.78. The van der Waals surface area contributed by atoms with Crippen molar-refractivity contribution in [2.45, 2.75) is 0 Å². The van der Waals surface area contributed by atoms with Crippen molar-refractivity contribution in [2.75, 3.05) is 0 Å². The monoisotopic (exact) mass is 246 g/mol. The summed E-state index contributed by atoms with van der Waals surface area (Å²) < 4.78 is 0.511. The fourth-order valence-electron chi connectivity index (χ4n) is 0.498. The summed E-state index contributed by atoms with van der Waals surface area (Å²) >= 11 is 1.89. The Hall–Kier alpha value is -0.830. The number of halogens is 1.